The fourth-order valence-corrected chi connectivity index (χ4v) is 3.89. The largest absolute Gasteiger partial charge is 0.253 e. The van der Waals surface area contributed by atoms with Crippen molar-refractivity contribution in [1.29, 1.82) is 0 Å². The zero-order valence-electron chi connectivity index (χ0n) is 11.1. The standard InChI is InChI=1S/C15H19NS2/c1-11(2)14-9-13(10-15(17-3)18-14)16-12-7-5-4-6-8-12/h4-8,10-11,14H,9H2,1-3H3. The molecule has 0 amide bonds. The highest BCUT2D eigenvalue weighted by atomic mass is 32.2. The van der Waals surface area contributed by atoms with Gasteiger partial charge in [-0.15, -0.1) is 23.5 Å². The first-order chi connectivity index (χ1) is 8.69. The van der Waals surface area contributed by atoms with Crippen LogP contribution < -0.4 is 0 Å². The molecule has 0 saturated heterocycles. The summed E-state index contributed by atoms with van der Waals surface area (Å²) in [7, 11) is 0. The van der Waals surface area contributed by atoms with Crippen LogP contribution in [0.2, 0.25) is 0 Å². The Bertz CT molecular complexity index is 449. The fraction of sp³-hybridized carbons (Fsp3) is 0.400. The predicted molar refractivity (Wildman–Crippen MR) is 86.0 cm³/mol. The van der Waals surface area contributed by atoms with E-state index in [0.717, 1.165) is 12.1 Å². The Kier molecular flexibility index (Phi) is 4.95. The van der Waals surface area contributed by atoms with Crippen molar-refractivity contribution < 1.29 is 0 Å². The van der Waals surface area contributed by atoms with Gasteiger partial charge in [-0.2, -0.15) is 0 Å². The maximum Gasteiger partial charge on any atom is 0.0632 e. The third-order valence-electron chi connectivity index (χ3n) is 2.94. The lowest BCUT2D eigenvalue weighted by Gasteiger charge is -2.25. The van der Waals surface area contributed by atoms with Crippen LogP contribution in [0.1, 0.15) is 20.3 Å². The van der Waals surface area contributed by atoms with Gasteiger partial charge in [0.1, 0.15) is 0 Å². The smallest absolute Gasteiger partial charge is 0.0632 e. The molecular weight excluding hydrogens is 258 g/mol. The molecule has 0 saturated carbocycles. The third-order valence-corrected chi connectivity index (χ3v) is 5.61. The van der Waals surface area contributed by atoms with Crippen molar-refractivity contribution in [3.63, 3.8) is 0 Å². The molecule has 0 bridgehead atoms. The molecule has 1 heterocycles. The van der Waals surface area contributed by atoms with Crippen LogP contribution in [0.3, 0.4) is 0 Å². The Morgan fingerprint density at radius 3 is 2.61 bits per heavy atom. The van der Waals surface area contributed by atoms with Gasteiger partial charge in [0.05, 0.1) is 5.69 Å². The second kappa shape index (κ2) is 6.48. The van der Waals surface area contributed by atoms with Crippen LogP contribution >= 0.6 is 23.5 Å². The summed E-state index contributed by atoms with van der Waals surface area (Å²) in [5.41, 5.74) is 2.27. The van der Waals surface area contributed by atoms with Crippen LogP contribution in [0, 0.1) is 5.92 Å². The molecule has 1 nitrogen and oxygen atoms in total. The van der Waals surface area contributed by atoms with Gasteiger partial charge in [-0.3, -0.25) is 4.99 Å². The van der Waals surface area contributed by atoms with Crippen molar-refractivity contribution in [3.8, 4) is 0 Å². The van der Waals surface area contributed by atoms with Crippen LogP contribution in [0.25, 0.3) is 0 Å². The highest BCUT2D eigenvalue weighted by molar-refractivity contribution is 8.22. The number of nitrogens with zero attached hydrogens (tertiary/aromatic N) is 1. The normalized spacial score (nSPS) is 22.3. The molecule has 0 spiro atoms. The van der Waals surface area contributed by atoms with E-state index in [2.05, 4.69) is 38.3 Å². The highest BCUT2D eigenvalue weighted by Gasteiger charge is 2.22. The molecule has 0 fully saturated rings. The number of rotatable bonds is 3. The number of para-hydroxylation sites is 1. The zero-order valence-corrected chi connectivity index (χ0v) is 12.7. The third kappa shape index (κ3) is 3.66. The van der Waals surface area contributed by atoms with Gasteiger partial charge in [0.25, 0.3) is 0 Å². The highest BCUT2D eigenvalue weighted by Crippen LogP contribution is 2.39. The number of benzene rings is 1. The molecule has 1 unspecified atom stereocenters. The van der Waals surface area contributed by atoms with Gasteiger partial charge >= 0.3 is 0 Å². The van der Waals surface area contributed by atoms with Gasteiger partial charge in [-0.05, 0) is 30.4 Å². The van der Waals surface area contributed by atoms with Crippen molar-refractivity contribution in [1.82, 2.24) is 0 Å². The minimum atomic E-state index is 0.653. The van der Waals surface area contributed by atoms with Crippen LogP contribution in [0.5, 0.6) is 0 Å². The molecule has 18 heavy (non-hydrogen) atoms. The number of hydrogen-bond acceptors (Lipinski definition) is 3. The lowest BCUT2D eigenvalue weighted by atomic mass is 10.0. The molecule has 1 aromatic carbocycles. The molecular formula is C15H19NS2. The van der Waals surface area contributed by atoms with Gasteiger partial charge in [0, 0.05) is 21.6 Å². The van der Waals surface area contributed by atoms with Gasteiger partial charge in [-0.1, -0.05) is 32.0 Å². The van der Waals surface area contributed by atoms with E-state index < -0.39 is 0 Å². The van der Waals surface area contributed by atoms with Gasteiger partial charge in [0.15, 0.2) is 0 Å². The zero-order chi connectivity index (χ0) is 13.0. The average Bonchev–Trinajstić information content (AvgIpc) is 2.39. The summed E-state index contributed by atoms with van der Waals surface area (Å²) in [5, 5.41) is 0.653. The molecule has 1 atom stereocenters. The number of hydrogen-bond donors (Lipinski definition) is 0. The lowest BCUT2D eigenvalue weighted by molar-refractivity contribution is 0.621. The summed E-state index contributed by atoms with van der Waals surface area (Å²) in [6.45, 7) is 4.59. The molecule has 1 aliphatic rings. The summed E-state index contributed by atoms with van der Waals surface area (Å²) < 4.78 is 1.38. The summed E-state index contributed by atoms with van der Waals surface area (Å²) in [4.78, 5) is 4.76. The number of allylic oxidation sites excluding steroid dienone is 1. The Morgan fingerprint density at radius 1 is 1.28 bits per heavy atom. The second-order valence-electron chi connectivity index (χ2n) is 4.71. The van der Waals surface area contributed by atoms with Crippen molar-refractivity contribution >= 4 is 34.9 Å². The van der Waals surface area contributed by atoms with E-state index in [1.54, 1.807) is 0 Å². The summed E-state index contributed by atoms with van der Waals surface area (Å²) in [6, 6.07) is 10.2. The van der Waals surface area contributed by atoms with Gasteiger partial charge in [-0.25, -0.2) is 0 Å². The second-order valence-corrected chi connectivity index (χ2v) is 7.10. The Hall–Kier alpha value is -0.670. The summed E-state index contributed by atoms with van der Waals surface area (Å²) in [5.74, 6) is 0.687. The lowest BCUT2D eigenvalue weighted by Crippen LogP contribution is -2.19. The predicted octanol–water partition coefficient (Wildman–Crippen LogP) is 5.13. The van der Waals surface area contributed by atoms with E-state index in [1.165, 1.54) is 9.95 Å². The van der Waals surface area contributed by atoms with E-state index in [-0.39, 0.29) is 0 Å². The molecule has 0 aromatic heterocycles. The van der Waals surface area contributed by atoms with E-state index in [0.29, 0.717) is 11.2 Å². The van der Waals surface area contributed by atoms with E-state index >= 15 is 0 Å². The molecule has 0 N–H and O–H groups in total. The van der Waals surface area contributed by atoms with Crippen molar-refractivity contribution in [2.45, 2.75) is 25.5 Å². The Labute approximate surface area is 118 Å². The van der Waals surface area contributed by atoms with E-state index in [1.807, 2.05) is 41.7 Å². The van der Waals surface area contributed by atoms with Crippen LogP contribution in [-0.2, 0) is 0 Å². The van der Waals surface area contributed by atoms with Crippen LogP contribution in [0.15, 0.2) is 45.6 Å². The first-order valence-electron chi connectivity index (χ1n) is 6.24. The fourth-order valence-electron chi connectivity index (χ4n) is 1.85. The number of aliphatic imine (C=N–C) groups is 1. The molecule has 1 aliphatic heterocycles. The number of thioether (sulfide) groups is 2. The van der Waals surface area contributed by atoms with E-state index in [4.69, 9.17) is 4.99 Å². The summed E-state index contributed by atoms with van der Waals surface area (Å²) >= 11 is 3.82. The maximum atomic E-state index is 4.76. The Balaban J connectivity index is 2.24. The molecule has 1 aromatic rings. The minimum absolute atomic E-state index is 0.653. The molecule has 2 rings (SSSR count). The molecule has 0 aliphatic carbocycles. The van der Waals surface area contributed by atoms with Gasteiger partial charge < -0.3 is 0 Å². The van der Waals surface area contributed by atoms with Crippen molar-refractivity contribution in [3.05, 3.63) is 40.6 Å². The monoisotopic (exact) mass is 277 g/mol. The van der Waals surface area contributed by atoms with E-state index in [9.17, 15) is 0 Å². The first-order valence-corrected chi connectivity index (χ1v) is 8.34. The quantitative estimate of drug-likeness (QED) is 0.759. The SMILES string of the molecule is CSC1=CC(=Nc2ccccc2)CC(C(C)C)S1. The van der Waals surface area contributed by atoms with Gasteiger partial charge in [0.2, 0.25) is 0 Å². The average molecular weight is 277 g/mol. The minimum Gasteiger partial charge on any atom is -0.253 e. The Morgan fingerprint density at radius 2 is 2.00 bits per heavy atom. The van der Waals surface area contributed by atoms with Crippen molar-refractivity contribution in [2.75, 3.05) is 6.26 Å². The maximum absolute atomic E-state index is 4.76. The van der Waals surface area contributed by atoms with Crippen LogP contribution in [0.4, 0.5) is 5.69 Å². The molecule has 96 valence electrons. The van der Waals surface area contributed by atoms with Crippen LogP contribution in [-0.4, -0.2) is 17.2 Å². The molecule has 0 radical (unpaired) electrons. The topological polar surface area (TPSA) is 12.4 Å². The molecule has 3 heteroatoms. The first kappa shape index (κ1) is 13.8. The van der Waals surface area contributed by atoms with Crippen molar-refractivity contribution in [2.24, 2.45) is 10.9 Å². The summed E-state index contributed by atoms with van der Waals surface area (Å²) in [6.07, 6.45) is 5.45.